The number of rotatable bonds is 2. The van der Waals surface area contributed by atoms with E-state index in [1.807, 2.05) is 13.0 Å². The van der Waals surface area contributed by atoms with Gasteiger partial charge in [-0.25, -0.2) is 9.59 Å². The fraction of sp³-hybridized carbons (Fsp3) is 0.286. The molecular formula is C14H15ClN2O3. The normalized spacial score (nSPS) is 14.7. The number of carboxylic acid groups (broad SMARTS) is 1. The van der Waals surface area contributed by atoms with Gasteiger partial charge in [0.2, 0.25) is 0 Å². The summed E-state index contributed by atoms with van der Waals surface area (Å²) in [7, 11) is 0. The highest BCUT2D eigenvalue weighted by Gasteiger charge is 2.18. The van der Waals surface area contributed by atoms with E-state index in [9.17, 15) is 9.59 Å². The lowest BCUT2D eigenvalue weighted by Crippen LogP contribution is -2.38. The topological polar surface area (TPSA) is 69.6 Å². The van der Waals surface area contributed by atoms with E-state index in [0.29, 0.717) is 18.1 Å². The highest BCUT2D eigenvalue weighted by atomic mass is 35.5. The van der Waals surface area contributed by atoms with Crippen LogP contribution in [0.5, 0.6) is 0 Å². The molecule has 2 N–H and O–H groups in total. The van der Waals surface area contributed by atoms with E-state index in [-0.39, 0.29) is 17.3 Å². The second kappa shape index (κ2) is 5.96. The van der Waals surface area contributed by atoms with Crippen molar-refractivity contribution in [3.63, 3.8) is 0 Å². The Morgan fingerprint density at radius 3 is 2.75 bits per heavy atom. The lowest BCUT2D eigenvalue weighted by Gasteiger charge is -2.26. The van der Waals surface area contributed by atoms with Crippen LogP contribution in [-0.4, -0.2) is 35.1 Å². The highest BCUT2D eigenvalue weighted by Crippen LogP contribution is 2.21. The Morgan fingerprint density at radius 2 is 2.15 bits per heavy atom. The van der Waals surface area contributed by atoms with Crippen molar-refractivity contribution in [3.05, 3.63) is 40.4 Å². The molecule has 0 radical (unpaired) electrons. The van der Waals surface area contributed by atoms with Crippen LogP contribution < -0.4 is 5.32 Å². The molecule has 2 amide bonds. The van der Waals surface area contributed by atoms with Gasteiger partial charge in [-0.05, 0) is 31.5 Å². The van der Waals surface area contributed by atoms with Gasteiger partial charge in [-0.1, -0.05) is 23.3 Å². The Kier molecular flexibility index (Phi) is 4.29. The molecule has 1 aromatic rings. The highest BCUT2D eigenvalue weighted by molar-refractivity contribution is 6.31. The maximum absolute atomic E-state index is 12.1. The van der Waals surface area contributed by atoms with Crippen molar-refractivity contribution >= 4 is 29.3 Å². The van der Waals surface area contributed by atoms with E-state index in [1.165, 1.54) is 17.7 Å². The molecule has 0 aliphatic carbocycles. The fourth-order valence-corrected chi connectivity index (χ4v) is 2.12. The van der Waals surface area contributed by atoms with Gasteiger partial charge >= 0.3 is 12.0 Å². The Labute approximate surface area is 121 Å². The number of carbonyl (C=O) groups excluding carboxylic acids is 1. The summed E-state index contributed by atoms with van der Waals surface area (Å²) in [6.45, 7) is 3.19. The van der Waals surface area contributed by atoms with Gasteiger partial charge in [-0.3, -0.25) is 0 Å². The van der Waals surface area contributed by atoms with E-state index in [0.717, 1.165) is 6.42 Å². The molecule has 20 heavy (non-hydrogen) atoms. The van der Waals surface area contributed by atoms with Gasteiger partial charge < -0.3 is 15.3 Å². The molecule has 0 fully saturated rings. The molecule has 6 heteroatoms. The summed E-state index contributed by atoms with van der Waals surface area (Å²) in [6, 6.07) is 4.05. The Balaban J connectivity index is 2.14. The smallest absolute Gasteiger partial charge is 0.337 e. The van der Waals surface area contributed by atoms with Crippen LogP contribution >= 0.6 is 11.6 Å². The van der Waals surface area contributed by atoms with Gasteiger partial charge in [0.15, 0.2) is 0 Å². The predicted molar refractivity (Wildman–Crippen MR) is 77.4 cm³/mol. The van der Waals surface area contributed by atoms with E-state index in [2.05, 4.69) is 5.32 Å². The number of hydrogen-bond donors (Lipinski definition) is 2. The van der Waals surface area contributed by atoms with Crippen molar-refractivity contribution in [2.75, 3.05) is 18.4 Å². The first-order valence-electron chi connectivity index (χ1n) is 6.22. The average molecular weight is 295 g/mol. The number of carbonyl (C=O) groups is 2. The second-order valence-electron chi connectivity index (χ2n) is 4.67. The zero-order valence-corrected chi connectivity index (χ0v) is 11.8. The van der Waals surface area contributed by atoms with Crippen LogP contribution in [0, 0.1) is 0 Å². The van der Waals surface area contributed by atoms with Crippen molar-refractivity contribution in [1.29, 1.82) is 0 Å². The van der Waals surface area contributed by atoms with Crippen molar-refractivity contribution in [2.45, 2.75) is 13.3 Å². The average Bonchev–Trinajstić information content (AvgIpc) is 2.41. The maximum Gasteiger partial charge on any atom is 0.337 e. The standard InChI is InChI=1S/C14H15ClN2O3/c1-9-4-6-17(7-5-9)14(20)16-12-3-2-10(15)8-11(12)13(18)19/h2-4,8H,5-7H2,1H3,(H,16,20)(H,18,19). The summed E-state index contributed by atoms with van der Waals surface area (Å²) < 4.78 is 0. The molecule has 0 saturated carbocycles. The number of aromatic carboxylic acids is 1. The van der Waals surface area contributed by atoms with E-state index >= 15 is 0 Å². The summed E-state index contributed by atoms with van der Waals surface area (Å²) in [5, 5.41) is 12.1. The van der Waals surface area contributed by atoms with Crippen LogP contribution in [0.4, 0.5) is 10.5 Å². The summed E-state index contributed by atoms with van der Waals surface area (Å²) in [5.74, 6) is -1.13. The summed E-state index contributed by atoms with van der Waals surface area (Å²) in [4.78, 5) is 24.9. The lowest BCUT2D eigenvalue weighted by molar-refractivity contribution is 0.0698. The number of urea groups is 1. The molecule has 0 aromatic heterocycles. The van der Waals surface area contributed by atoms with E-state index < -0.39 is 5.97 Å². The summed E-state index contributed by atoms with van der Waals surface area (Å²) in [5.41, 5.74) is 1.49. The van der Waals surface area contributed by atoms with Crippen LogP contribution in [0.2, 0.25) is 5.02 Å². The Bertz CT molecular complexity index is 584. The first-order valence-corrected chi connectivity index (χ1v) is 6.59. The number of nitrogens with zero attached hydrogens (tertiary/aromatic N) is 1. The zero-order chi connectivity index (χ0) is 14.7. The molecule has 106 valence electrons. The third-order valence-corrected chi connectivity index (χ3v) is 3.41. The minimum absolute atomic E-state index is 0.0189. The zero-order valence-electron chi connectivity index (χ0n) is 11.0. The van der Waals surface area contributed by atoms with Crippen LogP contribution in [-0.2, 0) is 0 Å². The lowest BCUT2D eigenvalue weighted by atomic mass is 10.1. The molecule has 0 spiro atoms. The molecule has 5 nitrogen and oxygen atoms in total. The molecule has 0 atom stereocenters. The molecule has 1 aliphatic rings. The fourth-order valence-electron chi connectivity index (χ4n) is 1.95. The molecule has 2 rings (SSSR count). The monoisotopic (exact) mass is 294 g/mol. The van der Waals surface area contributed by atoms with Crippen LogP contribution in [0.1, 0.15) is 23.7 Å². The maximum atomic E-state index is 12.1. The number of carboxylic acids is 1. The largest absolute Gasteiger partial charge is 0.478 e. The van der Waals surface area contributed by atoms with Crippen molar-refractivity contribution in [2.24, 2.45) is 0 Å². The Hall–Kier alpha value is -2.01. The van der Waals surface area contributed by atoms with Gasteiger partial charge in [-0.15, -0.1) is 0 Å². The molecular weight excluding hydrogens is 280 g/mol. The van der Waals surface area contributed by atoms with Crippen molar-refractivity contribution in [1.82, 2.24) is 4.90 Å². The van der Waals surface area contributed by atoms with Gasteiger partial charge in [0, 0.05) is 18.1 Å². The first kappa shape index (κ1) is 14.4. The number of halogens is 1. The van der Waals surface area contributed by atoms with Crippen molar-refractivity contribution < 1.29 is 14.7 Å². The third kappa shape index (κ3) is 3.30. The first-order chi connectivity index (χ1) is 9.47. The second-order valence-corrected chi connectivity index (χ2v) is 5.11. The molecule has 0 saturated heterocycles. The van der Waals surface area contributed by atoms with Crippen LogP contribution in [0.15, 0.2) is 29.8 Å². The quantitative estimate of drug-likeness (QED) is 0.823. The van der Waals surface area contributed by atoms with Gasteiger partial charge in [0.25, 0.3) is 0 Å². The predicted octanol–water partition coefficient (Wildman–Crippen LogP) is 3.22. The van der Waals surface area contributed by atoms with Crippen molar-refractivity contribution in [3.8, 4) is 0 Å². The van der Waals surface area contributed by atoms with Crippen LogP contribution in [0.3, 0.4) is 0 Å². The minimum atomic E-state index is -1.13. The number of nitrogens with one attached hydrogen (secondary N) is 1. The molecule has 0 bridgehead atoms. The molecule has 1 aromatic carbocycles. The number of hydrogen-bond acceptors (Lipinski definition) is 2. The minimum Gasteiger partial charge on any atom is -0.478 e. The summed E-state index contributed by atoms with van der Waals surface area (Å²) >= 11 is 5.77. The van der Waals surface area contributed by atoms with Gasteiger partial charge in [0.1, 0.15) is 0 Å². The molecule has 0 unspecified atom stereocenters. The van der Waals surface area contributed by atoms with Gasteiger partial charge in [0.05, 0.1) is 11.3 Å². The molecule has 1 aliphatic heterocycles. The number of anilines is 1. The van der Waals surface area contributed by atoms with Gasteiger partial charge in [-0.2, -0.15) is 0 Å². The molecule has 1 heterocycles. The number of amides is 2. The summed E-state index contributed by atoms with van der Waals surface area (Å²) in [6.07, 6.45) is 2.82. The Morgan fingerprint density at radius 1 is 1.40 bits per heavy atom. The van der Waals surface area contributed by atoms with E-state index in [4.69, 9.17) is 16.7 Å². The van der Waals surface area contributed by atoms with Crippen LogP contribution in [0.25, 0.3) is 0 Å². The third-order valence-electron chi connectivity index (χ3n) is 3.18. The SMILES string of the molecule is CC1=CCN(C(=O)Nc2ccc(Cl)cc2C(=O)O)CC1. The number of benzene rings is 1. The van der Waals surface area contributed by atoms with E-state index in [1.54, 1.807) is 11.0 Å².